The van der Waals surface area contributed by atoms with Crippen molar-refractivity contribution in [3.05, 3.63) is 14.3 Å². The molecule has 15 heavy (non-hydrogen) atoms. The van der Waals surface area contributed by atoms with Crippen molar-refractivity contribution in [3.63, 3.8) is 0 Å². The highest BCUT2D eigenvalue weighted by molar-refractivity contribution is 14.1. The van der Waals surface area contributed by atoms with Crippen molar-refractivity contribution in [2.75, 3.05) is 0 Å². The van der Waals surface area contributed by atoms with Gasteiger partial charge in [-0.2, -0.15) is 5.48 Å². The van der Waals surface area contributed by atoms with Crippen molar-refractivity contribution in [1.29, 1.82) is 0 Å². The molecular weight excluding hydrogens is 329 g/mol. The highest BCUT2D eigenvalue weighted by Gasteiger charge is 2.14. The highest BCUT2D eigenvalue weighted by atomic mass is 127. The molecule has 1 aromatic heterocycles. The minimum atomic E-state index is -0.610. The zero-order valence-electron chi connectivity index (χ0n) is 8.67. The first-order chi connectivity index (χ1) is 6.88. The van der Waals surface area contributed by atoms with Gasteiger partial charge in [-0.15, -0.1) is 11.3 Å². The molecule has 4 nitrogen and oxygen atoms in total. The molecule has 0 saturated heterocycles. The number of amides is 1. The Morgan fingerprint density at radius 1 is 1.53 bits per heavy atom. The molecule has 84 valence electrons. The molecule has 0 fully saturated rings. The molecular formula is C9H12INO3S. The van der Waals surface area contributed by atoms with E-state index in [9.17, 15) is 4.79 Å². The molecule has 1 heterocycles. The third-order valence-electron chi connectivity index (χ3n) is 1.23. The van der Waals surface area contributed by atoms with Crippen molar-refractivity contribution < 1.29 is 14.4 Å². The number of nitrogens with one attached hydrogen (secondary N) is 1. The largest absolute Gasteiger partial charge is 0.436 e. The average Bonchev–Trinajstić information content (AvgIpc) is 2.47. The van der Waals surface area contributed by atoms with Gasteiger partial charge in [0.1, 0.15) is 2.88 Å². The molecule has 1 amide bonds. The van der Waals surface area contributed by atoms with Crippen LogP contribution in [-0.2, 0) is 4.84 Å². The van der Waals surface area contributed by atoms with Gasteiger partial charge < -0.3 is 4.74 Å². The van der Waals surface area contributed by atoms with E-state index < -0.39 is 11.7 Å². The summed E-state index contributed by atoms with van der Waals surface area (Å²) in [5, 5.41) is 1.86. The van der Waals surface area contributed by atoms with Crippen LogP contribution in [0.2, 0.25) is 0 Å². The smallest absolute Gasteiger partial charge is 0.407 e. The van der Waals surface area contributed by atoms with Gasteiger partial charge in [-0.3, -0.25) is 4.84 Å². The number of carbonyl (C=O) groups is 1. The summed E-state index contributed by atoms with van der Waals surface area (Å²) in [6, 6.07) is 1.74. The molecule has 0 aromatic carbocycles. The Balaban J connectivity index is 2.41. The Morgan fingerprint density at radius 2 is 2.20 bits per heavy atom. The van der Waals surface area contributed by atoms with E-state index in [4.69, 9.17) is 9.57 Å². The van der Waals surface area contributed by atoms with Crippen LogP contribution in [0.5, 0.6) is 5.75 Å². The number of hydrogen-bond donors (Lipinski definition) is 1. The number of halogens is 1. The molecule has 1 rings (SSSR count). The molecule has 0 aliphatic carbocycles. The van der Waals surface area contributed by atoms with Crippen LogP contribution in [0.4, 0.5) is 4.79 Å². The number of hydrogen-bond acceptors (Lipinski definition) is 4. The fourth-order valence-corrected chi connectivity index (χ4v) is 1.94. The summed E-state index contributed by atoms with van der Waals surface area (Å²) < 4.78 is 5.94. The van der Waals surface area contributed by atoms with Crippen molar-refractivity contribution >= 4 is 40.0 Å². The Morgan fingerprint density at radius 3 is 2.67 bits per heavy atom. The number of ether oxygens (including phenoxy) is 1. The molecule has 0 bridgehead atoms. The molecule has 1 aromatic rings. The van der Waals surface area contributed by atoms with Crippen molar-refractivity contribution in [2.24, 2.45) is 0 Å². The monoisotopic (exact) mass is 341 g/mol. The number of rotatable bonds is 2. The molecule has 0 radical (unpaired) electrons. The second-order valence-corrected chi connectivity index (χ2v) is 6.49. The van der Waals surface area contributed by atoms with Gasteiger partial charge in [0.05, 0.1) is 5.60 Å². The minimum absolute atomic E-state index is 0.430. The van der Waals surface area contributed by atoms with Crippen LogP contribution in [0.15, 0.2) is 11.4 Å². The topological polar surface area (TPSA) is 47.6 Å². The fourth-order valence-electron chi connectivity index (χ4n) is 0.669. The molecule has 1 N–H and O–H groups in total. The van der Waals surface area contributed by atoms with Crippen molar-refractivity contribution in [2.45, 2.75) is 26.4 Å². The summed E-state index contributed by atoms with van der Waals surface area (Å²) in [4.78, 5) is 16.3. The lowest BCUT2D eigenvalue weighted by atomic mass is 10.2. The number of hydroxylamine groups is 1. The average molecular weight is 341 g/mol. The summed E-state index contributed by atoms with van der Waals surface area (Å²) in [7, 11) is 0. The van der Waals surface area contributed by atoms with Crippen LogP contribution in [0.1, 0.15) is 20.8 Å². The van der Waals surface area contributed by atoms with Gasteiger partial charge in [0.25, 0.3) is 0 Å². The molecule has 0 aliphatic rings. The normalized spacial score (nSPS) is 11.2. The van der Waals surface area contributed by atoms with Crippen LogP contribution < -0.4 is 10.2 Å². The van der Waals surface area contributed by atoms with E-state index in [2.05, 4.69) is 28.1 Å². The molecule has 6 heteroatoms. The first kappa shape index (κ1) is 12.7. The predicted molar refractivity (Wildman–Crippen MR) is 67.0 cm³/mol. The number of carbonyl (C=O) groups excluding carboxylic acids is 1. The summed E-state index contributed by atoms with van der Waals surface area (Å²) >= 11 is 3.62. The van der Waals surface area contributed by atoms with Gasteiger partial charge >= 0.3 is 6.09 Å². The van der Waals surface area contributed by atoms with Crippen LogP contribution in [0, 0.1) is 2.88 Å². The van der Waals surface area contributed by atoms with Gasteiger partial charge in [0.2, 0.25) is 0 Å². The summed E-state index contributed by atoms with van der Waals surface area (Å²) in [5.41, 5.74) is 1.80. The Labute approximate surface area is 106 Å². The number of thiophene rings is 1. The van der Waals surface area contributed by atoms with E-state index in [0.717, 1.165) is 2.88 Å². The summed E-state index contributed by atoms with van der Waals surface area (Å²) in [5.74, 6) is 0.551. The molecule has 0 aliphatic heterocycles. The summed E-state index contributed by atoms with van der Waals surface area (Å²) in [6.45, 7) is 5.50. The standard InChI is InChI=1S/C9H12INO3S/c1-9(2,3)14-11-8(12)13-6-4-5-15-7(6)10/h4-5H,1-3H3,(H,11,12). The van der Waals surface area contributed by atoms with Gasteiger partial charge in [-0.05, 0) is 54.8 Å². The van der Waals surface area contributed by atoms with Crippen molar-refractivity contribution in [1.82, 2.24) is 5.48 Å². The lowest BCUT2D eigenvalue weighted by molar-refractivity contribution is -0.0599. The zero-order chi connectivity index (χ0) is 11.5. The van der Waals surface area contributed by atoms with Crippen LogP contribution in [0.3, 0.4) is 0 Å². The van der Waals surface area contributed by atoms with Gasteiger partial charge in [-0.25, -0.2) is 4.79 Å². The third kappa shape index (κ3) is 4.80. The van der Waals surface area contributed by atoms with Crippen molar-refractivity contribution in [3.8, 4) is 5.75 Å². The molecule has 0 atom stereocenters. The van der Waals surface area contributed by atoms with E-state index in [0.29, 0.717) is 5.75 Å². The van der Waals surface area contributed by atoms with Gasteiger partial charge in [-0.1, -0.05) is 0 Å². The van der Waals surface area contributed by atoms with E-state index >= 15 is 0 Å². The third-order valence-corrected chi connectivity index (χ3v) is 3.20. The first-order valence-corrected chi connectivity index (χ1v) is 6.23. The van der Waals surface area contributed by atoms with Gasteiger partial charge in [0.15, 0.2) is 5.75 Å². The second-order valence-electron chi connectivity index (χ2n) is 3.76. The Hall–Kier alpha value is -0.340. The first-order valence-electron chi connectivity index (χ1n) is 4.27. The lowest BCUT2D eigenvalue weighted by Crippen LogP contribution is -2.35. The van der Waals surface area contributed by atoms with E-state index in [1.54, 1.807) is 6.07 Å². The zero-order valence-corrected chi connectivity index (χ0v) is 11.6. The summed E-state index contributed by atoms with van der Waals surface area (Å²) in [6.07, 6.45) is -0.610. The highest BCUT2D eigenvalue weighted by Crippen LogP contribution is 2.26. The predicted octanol–water partition coefficient (Wildman–Crippen LogP) is 3.17. The maximum absolute atomic E-state index is 11.3. The fraction of sp³-hybridized carbons (Fsp3) is 0.444. The lowest BCUT2D eigenvalue weighted by Gasteiger charge is -2.18. The Kier molecular flexibility index (Phi) is 4.35. The maximum atomic E-state index is 11.3. The maximum Gasteiger partial charge on any atom is 0.436 e. The molecule has 0 spiro atoms. The quantitative estimate of drug-likeness (QED) is 0.664. The van der Waals surface area contributed by atoms with E-state index in [1.807, 2.05) is 26.2 Å². The van der Waals surface area contributed by atoms with E-state index in [-0.39, 0.29) is 0 Å². The van der Waals surface area contributed by atoms with Crippen LogP contribution in [-0.4, -0.2) is 11.7 Å². The van der Waals surface area contributed by atoms with Gasteiger partial charge in [0, 0.05) is 0 Å². The molecule has 0 saturated carbocycles. The SMILES string of the molecule is CC(C)(C)ONC(=O)Oc1ccsc1I. The van der Waals surface area contributed by atoms with Crippen LogP contribution in [0.25, 0.3) is 0 Å². The van der Waals surface area contributed by atoms with Crippen LogP contribution >= 0.6 is 33.9 Å². The Bertz CT molecular complexity index is 345. The minimum Gasteiger partial charge on any atom is -0.407 e. The van der Waals surface area contributed by atoms with E-state index in [1.165, 1.54) is 11.3 Å². The second kappa shape index (κ2) is 5.13. The molecule has 0 unspecified atom stereocenters.